The molecule has 2 rings (SSSR count). The van der Waals surface area contributed by atoms with Crippen LogP contribution in [0.2, 0.25) is 0 Å². The molecule has 1 aromatic heterocycles. The van der Waals surface area contributed by atoms with Crippen molar-refractivity contribution in [2.45, 2.75) is 26.3 Å². The van der Waals surface area contributed by atoms with Gasteiger partial charge in [-0.2, -0.15) is 0 Å². The first-order chi connectivity index (χ1) is 9.11. The Balaban J connectivity index is 2.39. The summed E-state index contributed by atoms with van der Waals surface area (Å²) < 4.78 is 15.3. The van der Waals surface area contributed by atoms with Gasteiger partial charge in [-0.3, -0.25) is 4.68 Å². The molecule has 1 unspecified atom stereocenters. The van der Waals surface area contributed by atoms with E-state index in [1.165, 1.54) is 6.07 Å². The van der Waals surface area contributed by atoms with Crippen molar-refractivity contribution in [3.8, 4) is 0 Å². The zero-order valence-corrected chi connectivity index (χ0v) is 11.5. The first-order valence-electron chi connectivity index (χ1n) is 6.47. The molecule has 0 saturated carbocycles. The number of benzene rings is 1. The number of rotatable bonds is 5. The Morgan fingerprint density at radius 2 is 2.16 bits per heavy atom. The van der Waals surface area contributed by atoms with Crippen LogP contribution in [-0.2, 0) is 7.05 Å². The predicted octanol–water partition coefficient (Wildman–Crippen LogP) is 2.35. The maximum Gasteiger partial charge on any atom is 0.123 e. The topological polar surface area (TPSA) is 42.7 Å². The third kappa shape index (κ3) is 3.17. The van der Waals surface area contributed by atoms with Crippen LogP contribution in [0, 0.1) is 12.7 Å². The van der Waals surface area contributed by atoms with Crippen molar-refractivity contribution in [2.75, 3.05) is 6.54 Å². The molecule has 1 heterocycles. The Morgan fingerprint density at radius 3 is 2.74 bits per heavy atom. The van der Waals surface area contributed by atoms with Gasteiger partial charge in [0.15, 0.2) is 0 Å². The van der Waals surface area contributed by atoms with Gasteiger partial charge in [0, 0.05) is 7.05 Å². The largest absolute Gasteiger partial charge is 0.305 e. The molecule has 0 radical (unpaired) electrons. The lowest BCUT2D eigenvalue weighted by atomic mass is 10.0. The first-order valence-corrected chi connectivity index (χ1v) is 6.47. The number of aryl methyl sites for hydroxylation is 2. The highest BCUT2D eigenvalue weighted by atomic mass is 19.1. The van der Waals surface area contributed by atoms with Crippen LogP contribution in [-0.4, -0.2) is 21.5 Å². The van der Waals surface area contributed by atoms with E-state index in [-0.39, 0.29) is 11.9 Å². The van der Waals surface area contributed by atoms with Gasteiger partial charge in [0.25, 0.3) is 0 Å². The van der Waals surface area contributed by atoms with E-state index < -0.39 is 0 Å². The minimum absolute atomic E-state index is 0.0886. The molecule has 102 valence electrons. The first kappa shape index (κ1) is 13.7. The monoisotopic (exact) mass is 262 g/mol. The quantitative estimate of drug-likeness (QED) is 0.899. The third-order valence-electron chi connectivity index (χ3n) is 3.04. The summed E-state index contributed by atoms with van der Waals surface area (Å²) in [6, 6.07) is 4.99. The summed E-state index contributed by atoms with van der Waals surface area (Å²) in [5.41, 5.74) is 2.74. The van der Waals surface area contributed by atoms with Crippen LogP contribution in [0.5, 0.6) is 0 Å². The zero-order valence-electron chi connectivity index (χ0n) is 11.5. The Labute approximate surface area is 112 Å². The Hall–Kier alpha value is -1.75. The predicted molar refractivity (Wildman–Crippen MR) is 72.3 cm³/mol. The van der Waals surface area contributed by atoms with E-state index in [0.29, 0.717) is 0 Å². The van der Waals surface area contributed by atoms with Crippen LogP contribution in [0.15, 0.2) is 24.4 Å². The van der Waals surface area contributed by atoms with Gasteiger partial charge in [-0.15, -0.1) is 5.10 Å². The number of hydrogen-bond acceptors (Lipinski definition) is 3. The molecule has 0 aliphatic rings. The molecule has 2 aromatic rings. The zero-order chi connectivity index (χ0) is 13.8. The number of aromatic nitrogens is 3. The van der Waals surface area contributed by atoms with Gasteiger partial charge in [0.05, 0.1) is 17.9 Å². The van der Waals surface area contributed by atoms with Gasteiger partial charge in [0.1, 0.15) is 5.82 Å². The van der Waals surface area contributed by atoms with Crippen molar-refractivity contribution in [2.24, 2.45) is 7.05 Å². The molecular weight excluding hydrogens is 243 g/mol. The third-order valence-corrected chi connectivity index (χ3v) is 3.04. The molecule has 0 spiro atoms. The van der Waals surface area contributed by atoms with Crippen molar-refractivity contribution >= 4 is 0 Å². The smallest absolute Gasteiger partial charge is 0.123 e. The van der Waals surface area contributed by atoms with Crippen molar-refractivity contribution in [3.05, 3.63) is 47.0 Å². The molecule has 0 aliphatic heterocycles. The molecule has 0 amide bonds. The Kier molecular flexibility index (Phi) is 4.27. The molecule has 0 saturated heterocycles. The average molecular weight is 262 g/mol. The normalized spacial score (nSPS) is 12.6. The highest BCUT2D eigenvalue weighted by Gasteiger charge is 2.18. The van der Waals surface area contributed by atoms with Gasteiger partial charge in [-0.25, -0.2) is 4.39 Å². The maximum absolute atomic E-state index is 13.6. The summed E-state index contributed by atoms with van der Waals surface area (Å²) >= 11 is 0. The van der Waals surface area contributed by atoms with Gasteiger partial charge in [-0.05, 0) is 43.1 Å². The fraction of sp³-hybridized carbons (Fsp3) is 0.429. The molecule has 0 bridgehead atoms. The Morgan fingerprint density at radius 1 is 1.37 bits per heavy atom. The van der Waals surface area contributed by atoms with E-state index in [9.17, 15) is 4.39 Å². The summed E-state index contributed by atoms with van der Waals surface area (Å²) in [7, 11) is 1.84. The molecule has 1 aromatic carbocycles. The molecule has 0 fully saturated rings. The second kappa shape index (κ2) is 5.93. The highest BCUT2D eigenvalue weighted by molar-refractivity contribution is 5.31. The fourth-order valence-corrected chi connectivity index (χ4v) is 2.17. The van der Waals surface area contributed by atoms with Gasteiger partial charge < -0.3 is 5.32 Å². The van der Waals surface area contributed by atoms with Crippen LogP contribution in [0.3, 0.4) is 0 Å². The van der Waals surface area contributed by atoms with Crippen LogP contribution < -0.4 is 5.32 Å². The molecule has 4 nitrogen and oxygen atoms in total. The SMILES string of the molecule is CCCNC(c1cc(C)cc(F)c1)c1cnnn1C. The fourth-order valence-electron chi connectivity index (χ4n) is 2.17. The summed E-state index contributed by atoms with van der Waals surface area (Å²) in [4.78, 5) is 0. The van der Waals surface area contributed by atoms with Gasteiger partial charge in [0.2, 0.25) is 0 Å². The van der Waals surface area contributed by atoms with Crippen LogP contribution >= 0.6 is 0 Å². The minimum Gasteiger partial charge on any atom is -0.305 e. The minimum atomic E-state index is -0.214. The van der Waals surface area contributed by atoms with E-state index in [1.54, 1.807) is 16.9 Å². The molecule has 5 heteroatoms. The van der Waals surface area contributed by atoms with E-state index in [1.807, 2.05) is 20.0 Å². The lowest BCUT2D eigenvalue weighted by molar-refractivity contribution is 0.545. The molecule has 1 N–H and O–H groups in total. The number of halogens is 1. The summed E-state index contributed by atoms with van der Waals surface area (Å²) in [6.45, 7) is 4.85. The van der Waals surface area contributed by atoms with Crippen LogP contribution in [0.4, 0.5) is 4.39 Å². The maximum atomic E-state index is 13.6. The summed E-state index contributed by atoms with van der Waals surface area (Å²) in [5, 5.41) is 11.3. The summed E-state index contributed by atoms with van der Waals surface area (Å²) in [6.07, 6.45) is 2.73. The molecule has 19 heavy (non-hydrogen) atoms. The molecular formula is C14H19FN4. The van der Waals surface area contributed by atoms with Crippen molar-refractivity contribution < 1.29 is 4.39 Å². The average Bonchev–Trinajstić information content (AvgIpc) is 2.75. The van der Waals surface area contributed by atoms with Crippen LogP contribution in [0.1, 0.15) is 36.2 Å². The second-order valence-corrected chi connectivity index (χ2v) is 4.73. The molecule has 0 aliphatic carbocycles. The summed E-state index contributed by atoms with van der Waals surface area (Å²) in [5.74, 6) is -0.214. The van der Waals surface area contributed by atoms with E-state index in [0.717, 1.165) is 29.8 Å². The van der Waals surface area contributed by atoms with Crippen molar-refractivity contribution in [1.82, 2.24) is 20.3 Å². The van der Waals surface area contributed by atoms with Crippen LogP contribution in [0.25, 0.3) is 0 Å². The van der Waals surface area contributed by atoms with E-state index >= 15 is 0 Å². The van der Waals surface area contributed by atoms with E-state index in [4.69, 9.17) is 0 Å². The standard InChI is InChI=1S/C14H19FN4/c1-4-5-16-14(13-9-17-18-19(13)3)11-6-10(2)7-12(15)8-11/h6-9,14,16H,4-5H2,1-3H3. The lowest BCUT2D eigenvalue weighted by Crippen LogP contribution is -2.25. The number of nitrogens with zero attached hydrogens (tertiary/aromatic N) is 3. The Bertz CT molecular complexity index is 530. The highest BCUT2D eigenvalue weighted by Crippen LogP contribution is 2.22. The van der Waals surface area contributed by atoms with Gasteiger partial charge in [-0.1, -0.05) is 18.2 Å². The number of nitrogens with one attached hydrogen (secondary N) is 1. The van der Waals surface area contributed by atoms with E-state index in [2.05, 4.69) is 22.6 Å². The lowest BCUT2D eigenvalue weighted by Gasteiger charge is -2.19. The number of hydrogen-bond donors (Lipinski definition) is 1. The van der Waals surface area contributed by atoms with Crippen molar-refractivity contribution in [1.29, 1.82) is 0 Å². The second-order valence-electron chi connectivity index (χ2n) is 4.73. The van der Waals surface area contributed by atoms with Crippen molar-refractivity contribution in [3.63, 3.8) is 0 Å². The molecule has 1 atom stereocenters. The van der Waals surface area contributed by atoms with Gasteiger partial charge >= 0.3 is 0 Å².